The van der Waals surface area contributed by atoms with Crippen molar-refractivity contribution in [2.45, 2.75) is 51.2 Å². The summed E-state index contributed by atoms with van der Waals surface area (Å²) in [6, 6.07) is 11.4. The van der Waals surface area contributed by atoms with Crippen LogP contribution in [0.2, 0.25) is 0 Å². The van der Waals surface area contributed by atoms with E-state index in [0.29, 0.717) is 5.56 Å². The van der Waals surface area contributed by atoms with Crippen LogP contribution in [0.15, 0.2) is 42.6 Å². The highest BCUT2D eigenvalue weighted by Gasteiger charge is 2.34. The largest absolute Gasteiger partial charge is 0.489 e. The number of carboxylic acid groups (broad SMARTS) is 1. The Morgan fingerprint density at radius 1 is 1.10 bits per heavy atom. The fraction of sp³-hybridized carbons (Fsp3) is 0.375. The molecule has 3 atom stereocenters. The number of hydrogen-bond donors (Lipinski definition) is 2. The number of carboxylic acids is 1. The van der Waals surface area contributed by atoms with E-state index in [1.54, 1.807) is 19.2 Å². The molecule has 1 aliphatic carbocycles. The first kappa shape index (κ1) is 19.5. The highest BCUT2D eigenvalue weighted by Crippen LogP contribution is 2.40. The zero-order valence-corrected chi connectivity index (χ0v) is 17.1. The summed E-state index contributed by atoms with van der Waals surface area (Å²) in [5, 5.41) is 10.3. The molecule has 1 fully saturated rings. The average Bonchev–Trinajstić information content (AvgIpc) is 3.21. The predicted octanol–water partition coefficient (Wildman–Crippen LogP) is 5.21. The van der Waals surface area contributed by atoms with Gasteiger partial charge >= 0.3 is 5.97 Å². The number of aromatic carboxylic acids is 1. The number of aromatic nitrogens is 1. The van der Waals surface area contributed by atoms with E-state index < -0.39 is 5.97 Å². The monoisotopic (exact) mass is 393 g/mol. The maximum absolute atomic E-state index is 11.2. The van der Waals surface area contributed by atoms with Crippen molar-refractivity contribution in [2.24, 2.45) is 0 Å². The van der Waals surface area contributed by atoms with Crippen LogP contribution in [0.1, 0.15) is 52.2 Å². The summed E-state index contributed by atoms with van der Waals surface area (Å²) in [5.74, 6) is 0.166. The van der Waals surface area contributed by atoms with Crippen LogP contribution in [0.4, 0.5) is 0 Å². The van der Waals surface area contributed by atoms with Gasteiger partial charge in [-0.25, -0.2) is 4.79 Å². The Labute approximate surface area is 170 Å². The van der Waals surface area contributed by atoms with Crippen molar-refractivity contribution in [3.63, 3.8) is 0 Å². The number of H-pyrrole nitrogens is 1. The molecule has 0 amide bonds. The Morgan fingerprint density at radius 2 is 1.86 bits per heavy atom. The molecular formula is C24H27NO4. The smallest absolute Gasteiger partial charge is 0.335 e. The van der Waals surface area contributed by atoms with Crippen molar-refractivity contribution in [1.82, 2.24) is 4.98 Å². The lowest BCUT2D eigenvalue weighted by Gasteiger charge is -2.36. The van der Waals surface area contributed by atoms with Crippen LogP contribution in [0, 0.1) is 13.8 Å². The van der Waals surface area contributed by atoms with Crippen LogP contribution in [0.25, 0.3) is 10.9 Å². The molecule has 1 aromatic heterocycles. The second kappa shape index (κ2) is 7.91. The minimum atomic E-state index is -0.909. The predicted molar refractivity (Wildman–Crippen MR) is 113 cm³/mol. The lowest BCUT2D eigenvalue weighted by atomic mass is 9.79. The maximum atomic E-state index is 11.2. The number of carbonyl (C=O) groups is 1. The molecule has 0 bridgehead atoms. The van der Waals surface area contributed by atoms with Gasteiger partial charge in [0.05, 0.1) is 17.2 Å². The van der Waals surface area contributed by atoms with Crippen LogP contribution in [-0.4, -0.2) is 35.4 Å². The molecule has 4 rings (SSSR count). The molecule has 152 valence electrons. The van der Waals surface area contributed by atoms with E-state index >= 15 is 0 Å². The van der Waals surface area contributed by atoms with E-state index in [0.717, 1.165) is 47.0 Å². The summed E-state index contributed by atoms with van der Waals surface area (Å²) in [4.78, 5) is 14.5. The van der Waals surface area contributed by atoms with E-state index in [1.807, 2.05) is 18.3 Å². The third-order valence-corrected chi connectivity index (χ3v) is 6.10. The highest BCUT2D eigenvalue weighted by atomic mass is 16.5. The number of hydrogen-bond acceptors (Lipinski definition) is 3. The molecule has 1 heterocycles. The molecule has 1 saturated carbocycles. The SMILES string of the molecule is CO[C@@H]1CC[C@H](Oc2c(C)cc(C)c3[nH]ccc23)[C@@H](c2ccc(C(=O)O)cc2)C1. The Balaban J connectivity index is 1.68. The van der Waals surface area contributed by atoms with Gasteiger partial charge in [-0.2, -0.15) is 0 Å². The summed E-state index contributed by atoms with van der Waals surface area (Å²) < 4.78 is 12.3. The number of aryl methyl sites for hydroxylation is 2. The molecule has 5 heteroatoms. The number of ether oxygens (including phenoxy) is 2. The number of fused-ring (bicyclic) bond motifs is 1. The lowest BCUT2D eigenvalue weighted by Crippen LogP contribution is -2.35. The minimum absolute atomic E-state index is 0.0107. The van der Waals surface area contributed by atoms with Crippen molar-refractivity contribution < 1.29 is 19.4 Å². The first-order valence-corrected chi connectivity index (χ1v) is 10.1. The summed E-state index contributed by atoms with van der Waals surface area (Å²) in [6.45, 7) is 4.19. The number of benzene rings is 2. The van der Waals surface area contributed by atoms with Crippen LogP contribution in [-0.2, 0) is 4.74 Å². The molecule has 5 nitrogen and oxygen atoms in total. The molecule has 0 radical (unpaired) electrons. The Hall–Kier alpha value is -2.79. The van der Waals surface area contributed by atoms with E-state index in [-0.39, 0.29) is 18.1 Å². The Morgan fingerprint density at radius 3 is 2.55 bits per heavy atom. The van der Waals surface area contributed by atoms with Crippen LogP contribution in [0.5, 0.6) is 5.75 Å². The van der Waals surface area contributed by atoms with Crippen LogP contribution >= 0.6 is 0 Å². The van der Waals surface area contributed by atoms with Crippen molar-refractivity contribution in [1.29, 1.82) is 0 Å². The topological polar surface area (TPSA) is 71.5 Å². The molecular weight excluding hydrogens is 366 g/mol. The fourth-order valence-electron chi connectivity index (χ4n) is 4.55. The first-order chi connectivity index (χ1) is 14.0. The number of aromatic amines is 1. The van der Waals surface area contributed by atoms with Gasteiger partial charge in [-0.05, 0) is 68.0 Å². The van der Waals surface area contributed by atoms with Crippen molar-refractivity contribution >= 4 is 16.9 Å². The third kappa shape index (κ3) is 3.75. The van der Waals surface area contributed by atoms with Gasteiger partial charge in [0.1, 0.15) is 11.9 Å². The molecule has 29 heavy (non-hydrogen) atoms. The Kier molecular flexibility index (Phi) is 5.33. The normalized spacial score (nSPS) is 22.0. The average molecular weight is 393 g/mol. The van der Waals surface area contributed by atoms with Crippen molar-refractivity contribution in [3.05, 3.63) is 64.8 Å². The summed E-state index contributed by atoms with van der Waals surface area (Å²) in [7, 11) is 1.75. The molecule has 2 aromatic carbocycles. The second-order valence-electron chi connectivity index (χ2n) is 7.97. The van der Waals surface area contributed by atoms with Gasteiger partial charge in [-0.3, -0.25) is 0 Å². The highest BCUT2D eigenvalue weighted by molar-refractivity contribution is 5.90. The van der Waals surface area contributed by atoms with Crippen LogP contribution in [0.3, 0.4) is 0 Å². The van der Waals surface area contributed by atoms with Gasteiger partial charge in [0.25, 0.3) is 0 Å². The zero-order chi connectivity index (χ0) is 20.5. The van der Waals surface area contributed by atoms with E-state index in [9.17, 15) is 9.90 Å². The van der Waals surface area contributed by atoms with Gasteiger partial charge in [0, 0.05) is 24.6 Å². The molecule has 0 unspecified atom stereocenters. The summed E-state index contributed by atoms with van der Waals surface area (Å²) in [5.41, 5.74) is 4.84. The third-order valence-electron chi connectivity index (χ3n) is 6.10. The molecule has 1 aliphatic rings. The minimum Gasteiger partial charge on any atom is -0.489 e. The first-order valence-electron chi connectivity index (χ1n) is 10.1. The molecule has 0 saturated heterocycles. The Bertz CT molecular complexity index is 1020. The van der Waals surface area contributed by atoms with E-state index in [4.69, 9.17) is 9.47 Å². The number of nitrogens with one attached hydrogen (secondary N) is 1. The summed E-state index contributed by atoms with van der Waals surface area (Å²) in [6.07, 6.45) is 4.85. The molecule has 2 N–H and O–H groups in total. The van der Waals surface area contributed by atoms with Crippen molar-refractivity contribution in [2.75, 3.05) is 7.11 Å². The number of methoxy groups -OCH3 is 1. The quantitative estimate of drug-likeness (QED) is 0.624. The van der Waals surface area contributed by atoms with Gasteiger partial charge < -0.3 is 19.6 Å². The standard InChI is InChI=1S/C24H27NO4/c1-14-12-15(2)23(19-10-11-25-22(14)19)29-21-9-8-18(28-3)13-20(21)16-4-6-17(7-5-16)24(26)27/h4-7,10-12,18,20-21,25H,8-9,13H2,1-3H3,(H,26,27)/t18-,20-,21+/m1/s1. The van der Waals surface area contributed by atoms with Gasteiger partial charge in [-0.1, -0.05) is 18.2 Å². The van der Waals surface area contributed by atoms with Gasteiger partial charge in [-0.15, -0.1) is 0 Å². The van der Waals surface area contributed by atoms with Gasteiger partial charge in [0.2, 0.25) is 0 Å². The van der Waals surface area contributed by atoms with Crippen molar-refractivity contribution in [3.8, 4) is 5.75 Å². The van der Waals surface area contributed by atoms with E-state index in [2.05, 4.69) is 31.0 Å². The van der Waals surface area contributed by atoms with Crippen LogP contribution < -0.4 is 4.74 Å². The second-order valence-corrected chi connectivity index (χ2v) is 7.97. The zero-order valence-electron chi connectivity index (χ0n) is 17.1. The molecule has 3 aromatic rings. The van der Waals surface area contributed by atoms with Gasteiger partial charge in [0.15, 0.2) is 0 Å². The summed E-state index contributed by atoms with van der Waals surface area (Å²) >= 11 is 0. The van der Waals surface area contributed by atoms with E-state index in [1.165, 1.54) is 5.56 Å². The number of rotatable bonds is 5. The lowest BCUT2D eigenvalue weighted by molar-refractivity contribution is 0.0193. The maximum Gasteiger partial charge on any atom is 0.335 e. The molecule has 0 spiro atoms. The molecule has 0 aliphatic heterocycles. The fourth-order valence-corrected chi connectivity index (χ4v) is 4.55.